The highest BCUT2D eigenvalue weighted by molar-refractivity contribution is 5.77. The van der Waals surface area contributed by atoms with Gasteiger partial charge in [-0.05, 0) is 30.9 Å². The fraction of sp³-hybridized carbons (Fsp3) is 0.438. The molecule has 1 amide bonds. The minimum atomic E-state index is 0.0327. The van der Waals surface area contributed by atoms with Gasteiger partial charge in [0, 0.05) is 19.1 Å². The van der Waals surface area contributed by atoms with Crippen molar-refractivity contribution in [1.82, 2.24) is 4.90 Å². The highest BCUT2D eigenvalue weighted by atomic mass is 16.5. The second kappa shape index (κ2) is 7.10. The average Bonchev–Trinajstić information content (AvgIpc) is 2.47. The second-order valence-electron chi connectivity index (χ2n) is 5.11. The van der Waals surface area contributed by atoms with E-state index in [1.165, 1.54) is 0 Å². The molecule has 2 N–H and O–H groups in total. The average molecular weight is 274 g/mol. The number of allylic oxidation sites excluding steroid dienone is 1. The van der Waals surface area contributed by atoms with Crippen LogP contribution >= 0.6 is 0 Å². The summed E-state index contributed by atoms with van der Waals surface area (Å²) >= 11 is 0. The summed E-state index contributed by atoms with van der Waals surface area (Å²) in [4.78, 5) is 13.9. The molecule has 0 atom stereocenters. The van der Waals surface area contributed by atoms with E-state index in [9.17, 15) is 4.79 Å². The molecule has 2 rings (SSSR count). The van der Waals surface area contributed by atoms with Gasteiger partial charge in [-0.3, -0.25) is 4.79 Å². The molecule has 0 aliphatic carbocycles. The SMILES string of the molecule is C=CCc1ccccc1OCC(=O)N1CCC(N)CC1. The van der Waals surface area contributed by atoms with Crippen LogP contribution in [0.4, 0.5) is 0 Å². The van der Waals surface area contributed by atoms with Gasteiger partial charge in [-0.25, -0.2) is 0 Å². The van der Waals surface area contributed by atoms with E-state index in [0.717, 1.165) is 43.7 Å². The standard InChI is InChI=1S/C16H22N2O2/c1-2-5-13-6-3-4-7-15(13)20-12-16(19)18-10-8-14(17)9-11-18/h2-4,6-7,14H,1,5,8-12,17H2. The summed E-state index contributed by atoms with van der Waals surface area (Å²) in [5, 5.41) is 0. The number of para-hydroxylation sites is 1. The van der Waals surface area contributed by atoms with E-state index in [1.54, 1.807) is 0 Å². The van der Waals surface area contributed by atoms with E-state index in [0.29, 0.717) is 0 Å². The largest absolute Gasteiger partial charge is 0.483 e. The Balaban J connectivity index is 1.88. The van der Waals surface area contributed by atoms with Crippen molar-refractivity contribution in [3.63, 3.8) is 0 Å². The maximum atomic E-state index is 12.1. The number of likely N-dealkylation sites (tertiary alicyclic amines) is 1. The van der Waals surface area contributed by atoms with Gasteiger partial charge in [0.05, 0.1) is 0 Å². The van der Waals surface area contributed by atoms with Gasteiger partial charge in [0.2, 0.25) is 0 Å². The first-order valence-electron chi connectivity index (χ1n) is 7.05. The Hall–Kier alpha value is -1.81. The minimum Gasteiger partial charge on any atom is -0.483 e. The lowest BCUT2D eigenvalue weighted by Crippen LogP contribution is -2.44. The summed E-state index contributed by atoms with van der Waals surface area (Å²) in [6.45, 7) is 5.28. The maximum absolute atomic E-state index is 12.1. The number of carbonyl (C=O) groups excluding carboxylic acids is 1. The van der Waals surface area contributed by atoms with Crippen LogP contribution in [0.15, 0.2) is 36.9 Å². The number of carbonyl (C=O) groups is 1. The van der Waals surface area contributed by atoms with E-state index in [-0.39, 0.29) is 18.6 Å². The molecular weight excluding hydrogens is 252 g/mol. The monoisotopic (exact) mass is 274 g/mol. The van der Waals surface area contributed by atoms with Crippen LogP contribution in [0.1, 0.15) is 18.4 Å². The van der Waals surface area contributed by atoms with Crippen molar-refractivity contribution in [2.75, 3.05) is 19.7 Å². The molecule has 4 nitrogen and oxygen atoms in total. The molecule has 1 heterocycles. The number of amides is 1. The third-order valence-electron chi connectivity index (χ3n) is 3.58. The van der Waals surface area contributed by atoms with Crippen molar-refractivity contribution < 1.29 is 9.53 Å². The normalized spacial score (nSPS) is 15.9. The zero-order chi connectivity index (χ0) is 14.4. The van der Waals surface area contributed by atoms with E-state index >= 15 is 0 Å². The van der Waals surface area contributed by atoms with Crippen LogP contribution in [0.3, 0.4) is 0 Å². The van der Waals surface area contributed by atoms with E-state index < -0.39 is 0 Å². The van der Waals surface area contributed by atoms with Gasteiger partial charge in [-0.1, -0.05) is 24.3 Å². The Labute approximate surface area is 120 Å². The smallest absolute Gasteiger partial charge is 0.260 e. The summed E-state index contributed by atoms with van der Waals surface area (Å²) < 4.78 is 5.66. The number of benzene rings is 1. The Morgan fingerprint density at radius 1 is 1.40 bits per heavy atom. The molecule has 1 aliphatic rings. The van der Waals surface area contributed by atoms with E-state index in [4.69, 9.17) is 10.5 Å². The molecular formula is C16H22N2O2. The predicted octanol–water partition coefficient (Wildman–Crippen LogP) is 1.74. The van der Waals surface area contributed by atoms with Crippen LogP contribution in [0.25, 0.3) is 0 Å². The van der Waals surface area contributed by atoms with Crippen molar-refractivity contribution >= 4 is 5.91 Å². The third kappa shape index (κ3) is 3.84. The predicted molar refractivity (Wildman–Crippen MR) is 79.6 cm³/mol. The number of hydrogen-bond acceptors (Lipinski definition) is 3. The highest BCUT2D eigenvalue weighted by Gasteiger charge is 2.20. The quantitative estimate of drug-likeness (QED) is 0.832. The number of hydrogen-bond donors (Lipinski definition) is 1. The lowest BCUT2D eigenvalue weighted by atomic mass is 10.1. The third-order valence-corrected chi connectivity index (χ3v) is 3.58. The zero-order valence-electron chi connectivity index (χ0n) is 11.8. The lowest BCUT2D eigenvalue weighted by molar-refractivity contribution is -0.134. The van der Waals surface area contributed by atoms with Gasteiger partial charge < -0.3 is 15.4 Å². The molecule has 0 saturated carbocycles. The number of nitrogens with zero attached hydrogens (tertiary/aromatic N) is 1. The van der Waals surface area contributed by atoms with Crippen LogP contribution in [0.2, 0.25) is 0 Å². The molecule has 20 heavy (non-hydrogen) atoms. The lowest BCUT2D eigenvalue weighted by Gasteiger charge is -2.30. The van der Waals surface area contributed by atoms with Crippen molar-refractivity contribution in [2.24, 2.45) is 5.73 Å². The first-order valence-corrected chi connectivity index (χ1v) is 7.05. The molecule has 1 aromatic carbocycles. The second-order valence-corrected chi connectivity index (χ2v) is 5.11. The number of rotatable bonds is 5. The molecule has 0 spiro atoms. The number of ether oxygens (including phenoxy) is 1. The summed E-state index contributed by atoms with van der Waals surface area (Å²) in [5.74, 6) is 0.791. The Kier molecular flexibility index (Phi) is 5.18. The fourth-order valence-electron chi connectivity index (χ4n) is 2.35. The van der Waals surface area contributed by atoms with Gasteiger partial charge in [0.25, 0.3) is 5.91 Å². The zero-order valence-corrected chi connectivity index (χ0v) is 11.8. The fourth-order valence-corrected chi connectivity index (χ4v) is 2.35. The van der Waals surface area contributed by atoms with Gasteiger partial charge >= 0.3 is 0 Å². The van der Waals surface area contributed by atoms with E-state index in [1.807, 2.05) is 35.2 Å². The number of piperidine rings is 1. The van der Waals surface area contributed by atoms with Gasteiger partial charge in [0.15, 0.2) is 6.61 Å². The van der Waals surface area contributed by atoms with Crippen molar-refractivity contribution in [3.8, 4) is 5.75 Å². The summed E-state index contributed by atoms with van der Waals surface area (Å²) in [6, 6.07) is 7.97. The van der Waals surface area contributed by atoms with Crippen LogP contribution in [-0.2, 0) is 11.2 Å². The van der Waals surface area contributed by atoms with Crippen LogP contribution in [0, 0.1) is 0 Å². The molecule has 0 bridgehead atoms. The van der Waals surface area contributed by atoms with Crippen molar-refractivity contribution in [1.29, 1.82) is 0 Å². The summed E-state index contributed by atoms with van der Waals surface area (Å²) in [6.07, 6.45) is 4.32. The van der Waals surface area contributed by atoms with E-state index in [2.05, 4.69) is 6.58 Å². The maximum Gasteiger partial charge on any atom is 0.260 e. The molecule has 4 heteroatoms. The molecule has 1 aliphatic heterocycles. The molecule has 0 radical (unpaired) electrons. The first kappa shape index (κ1) is 14.6. The molecule has 1 fully saturated rings. The molecule has 1 saturated heterocycles. The Bertz CT molecular complexity index is 465. The molecule has 0 aromatic heterocycles. The van der Waals surface area contributed by atoms with Gasteiger partial charge in [-0.2, -0.15) is 0 Å². The van der Waals surface area contributed by atoms with Crippen LogP contribution in [-0.4, -0.2) is 36.5 Å². The number of nitrogens with two attached hydrogens (primary N) is 1. The molecule has 108 valence electrons. The minimum absolute atomic E-state index is 0.0327. The van der Waals surface area contributed by atoms with Crippen LogP contribution in [0.5, 0.6) is 5.75 Å². The summed E-state index contributed by atoms with van der Waals surface area (Å²) in [5.41, 5.74) is 6.89. The topological polar surface area (TPSA) is 55.6 Å². The van der Waals surface area contributed by atoms with Crippen molar-refractivity contribution in [2.45, 2.75) is 25.3 Å². The van der Waals surface area contributed by atoms with Crippen LogP contribution < -0.4 is 10.5 Å². The highest BCUT2D eigenvalue weighted by Crippen LogP contribution is 2.19. The molecule has 1 aromatic rings. The molecule has 0 unspecified atom stereocenters. The van der Waals surface area contributed by atoms with Gasteiger partial charge in [-0.15, -0.1) is 6.58 Å². The Morgan fingerprint density at radius 3 is 2.80 bits per heavy atom. The Morgan fingerprint density at radius 2 is 2.10 bits per heavy atom. The first-order chi connectivity index (χ1) is 9.70. The van der Waals surface area contributed by atoms with Crippen molar-refractivity contribution in [3.05, 3.63) is 42.5 Å². The van der Waals surface area contributed by atoms with Gasteiger partial charge in [0.1, 0.15) is 5.75 Å². The summed E-state index contributed by atoms with van der Waals surface area (Å²) in [7, 11) is 0.